The first-order chi connectivity index (χ1) is 21.8. The van der Waals surface area contributed by atoms with Gasteiger partial charge in [0, 0.05) is 45.3 Å². The van der Waals surface area contributed by atoms with E-state index in [0.717, 1.165) is 108 Å². The first kappa shape index (κ1) is 38.4. The van der Waals surface area contributed by atoms with Crippen LogP contribution in [0, 0.1) is 0 Å². The van der Waals surface area contributed by atoms with E-state index in [1.54, 1.807) is 11.8 Å². The molecule has 0 aliphatic rings. The molecule has 10 heteroatoms. The van der Waals surface area contributed by atoms with E-state index in [1.165, 1.54) is 0 Å². The van der Waals surface area contributed by atoms with Crippen molar-refractivity contribution in [3.05, 3.63) is 58.8 Å². The van der Waals surface area contributed by atoms with Gasteiger partial charge in [0.2, 0.25) is 0 Å². The Morgan fingerprint density at radius 2 is 1.07 bits per heavy atom. The van der Waals surface area contributed by atoms with Crippen LogP contribution in [0.15, 0.2) is 58.6 Å². The van der Waals surface area contributed by atoms with Crippen molar-refractivity contribution in [1.82, 2.24) is 19.8 Å². The molecule has 2 aromatic heterocycles. The van der Waals surface area contributed by atoms with Gasteiger partial charge in [-0.1, -0.05) is 62.7 Å². The first-order valence-corrected chi connectivity index (χ1v) is 18.2. The van der Waals surface area contributed by atoms with Crippen molar-refractivity contribution >= 4 is 80.6 Å². The second-order valence-electron chi connectivity index (χ2n) is 11.8. The van der Waals surface area contributed by atoms with Gasteiger partial charge >= 0.3 is 0 Å². The van der Waals surface area contributed by atoms with Crippen molar-refractivity contribution in [2.24, 2.45) is 0 Å². The first-order valence-electron chi connectivity index (χ1n) is 16.6. The van der Waals surface area contributed by atoms with Crippen LogP contribution in [0.1, 0.15) is 67.2 Å². The van der Waals surface area contributed by atoms with Gasteiger partial charge in [-0.2, -0.15) is 0 Å². The summed E-state index contributed by atoms with van der Waals surface area (Å²) in [5.41, 5.74) is 3.95. The number of hydrogen-bond acceptors (Lipinski definition) is 7. The summed E-state index contributed by atoms with van der Waals surface area (Å²) in [6.07, 6.45) is 8.38. The number of fused-ring (bicyclic) bond motifs is 2. The van der Waals surface area contributed by atoms with E-state index in [1.807, 2.05) is 36.7 Å². The summed E-state index contributed by atoms with van der Waals surface area (Å²) >= 11 is 14.5. The van der Waals surface area contributed by atoms with Crippen LogP contribution < -0.4 is 10.6 Å². The smallest absolute Gasteiger partial charge is 0.0738 e. The zero-order valence-electron chi connectivity index (χ0n) is 28.2. The van der Waals surface area contributed by atoms with Gasteiger partial charge < -0.3 is 20.4 Å². The Morgan fingerprint density at radius 1 is 0.674 bits per heavy atom. The van der Waals surface area contributed by atoms with Crippen LogP contribution in [0.25, 0.3) is 21.8 Å². The zero-order valence-corrected chi connectivity index (χ0v) is 31.4. The molecule has 4 aromatic rings. The minimum atomic E-state index is 0. The summed E-state index contributed by atoms with van der Waals surface area (Å²) in [5.74, 6) is 0. The van der Waals surface area contributed by atoms with Gasteiger partial charge in [0.05, 0.1) is 32.2 Å². The molecule has 2 unspecified atom stereocenters. The SMILES string of the molecule is CCN(CC)CCCC(C)Nc1c(Sc2cnc3cc(Cl)ccc3c2NC(C)CCCN(CC)CC)cnc2cc(Cl)ccc12.Cl. The topological polar surface area (TPSA) is 56.3 Å². The Bertz CT molecular complexity index is 1420. The van der Waals surface area contributed by atoms with Crippen molar-refractivity contribution < 1.29 is 0 Å². The Kier molecular flexibility index (Phi) is 16.0. The molecular weight excluding hydrogens is 655 g/mol. The number of anilines is 2. The average molecular weight is 706 g/mol. The molecule has 0 bridgehead atoms. The number of hydrogen-bond donors (Lipinski definition) is 2. The molecule has 46 heavy (non-hydrogen) atoms. The molecule has 2 N–H and O–H groups in total. The number of aromatic nitrogens is 2. The van der Waals surface area contributed by atoms with Crippen molar-refractivity contribution in [2.75, 3.05) is 49.9 Å². The fourth-order valence-corrected chi connectivity index (χ4v) is 7.15. The maximum Gasteiger partial charge on any atom is 0.0738 e. The van der Waals surface area contributed by atoms with Crippen molar-refractivity contribution in [3.8, 4) is 0 Å². The van der Waals surface area contributed by atoms with Crippen LogP contribution in [-0.4, -0.2) is 71.1 Å². The molecule has 2 heterocycles. The quantitative estimate of drug-likeness (QED) is 0.107. The highest BCUT2D eigenvalue weighted by Gasteiger charge is 2.18. The van der Waals surface area contributed by atoms with E-state index in [0.29, 0.717) is 22.1 Å². The molecule has 0 amide bonds. The number of rotatable bonds is 18. The van der Waals surface area contributed by atoms with Crippen molar-refractivity contribution in [1.29, 1.82) is 0 Å². The van der Waals surface area contributed by atoms with E-state index in [9.17, 15) is 0 Å². The van der Waals surface area contributed by atoms with Gasteiger partial charge in [-0.05, 0) is 115 Å². The normalized spacial score (nSPS) is 12.9. The lowest BCUT2D eigenvalue weighted by Gasteiger charge is -2.23. The van der Waals surface area contributed by atoms with Gasteiger partial charge in [0.25, 0.3) is 0 Å². The van der Waals surface area contributed by atoms with Gasteiger partial charge in [0.15, 0.2) is 0 Å². The predicted molar refractivity (Wildman–Crippen MR) is 205 cm³/mol. The fraction of sp³-hybridized carbons (Fsp3) is 0.500. The van der Waals surface area contributed by atoms with Crippen LogP contribution in [0.4, 0.5) is 11.4 Å². The molecule has 0 spiro atoms. The van der Waals surface area contributed by atoms with Crippen molar-refractivity contribution in [2.45, 2.75) is 89.1 Å². The number of halogens is 3. The summed E-state index contributed by atoms with van der Waals surface area (Å²) in [6, 6.07) is 12.5. The summed E-state index contributed by atoms with van der Waals surface area (Å²) in [6.45, 7) is 20.1. The Morgan fingerprint density at radius 3 is 1.43 bits per heavy atom. The predicted octanol–water partition coefficient (Wildman–Crippen LogP) is 10.5. The highest BCUT2D eigenvalue weighted by atomic mass is 35.5. The van der Waals surface area contributed by atoms with Crippen LogP contribution in [0.5, 0.6) is 0 Å². The summed E-state index contributed by atoms with van der Waals surface area (Å²) in [5, 5.41) is 11.3. The molecule has 0 fully saturated rings. The van der Waals surface area contributed by atoms with Crippen LogP contribution in [0.3, 0.4) is 0 Å². The minimum Gasteiger partial charge on any atom is -0.381 e. The molecule has 6 nitrogen and oxygen atoms in total. The molecule has 0 saturated carbocycles. The third-order valence-corrected chi connectivity index (χ3v) is 10.1. The molecule has 0 saturated heterocycles. The third-order valence-electron chi connectivity index (χ3n) is 8.61. The van der Waals surface area contributed by atoms with E-state index in [2.05, 4.69) is 74.1 Å². The highest BCUT2D eigenvalue weighted by molar-refractivity contribution is 7.99. The van der Waals surface area contributed by atoms with E-state index >= 15 is 0 Å². The molecule has 4 rings (SSSR count). The molecule has 0 aliphatic heterocycles. The number of nitrogens with one attached hydrogen (secondary N) is 2. The number of benzene rings is 2. The molecule has 0 radical (unpaired) electrons. The number of pyridine rings is 2. The second kappa shape index (κ2) is 19.1. The third kappa shape index (κ3) is 10.5. The zero-order chi connectivity index (χ0) is 32.3. The minimum absolute atomic E-state index is 0. The van der Waals surface area contributed by atoms with E-state index in [-0.39, 0.29) is 12.4 Å². The van der Waals surface area contributed by atoms with Crippen LogP contribution >= 0.6 is 47.4 Å². The summed E-state index contributed by atoms with van der Waals surface area (Å²) in [7, 11) is 0. The highest BCUT2D eigenvalue weighted by Crippen LogP contribution is 2.43. The van der Waals surface area contributed by atoms with Gasteiger partial charge in [-0.3, -0.25) is 9.97 Å². The van der Waals surface area contributed by atoms with E-state index in [4.69, 9.17) is 33.2 Å². The van der Waals surface area contributed by atoms with E-state index < -0.39 is 0 Å². The molecular formula is C36H51Cl3N6S. The van der Waals surface area contributed by atoms with Gasteiger partial charge in [-0.25, -0.2) is 0 Å². The lowest BCUT2D eigenvalue weighted by atomic mass is 10.1. The van der Waals surface area contributed by atoms with Gasteiger partial charge in [0.1, 0.15) is 0 Å². The Labute approximate surface area is 296 Å². The molecule has 2 aromatic carbocycles. The fourth-order valence-electron chi connectivity index (χ4n) is 5.83. The lowest BCUT2D eigenvalue weighted by Crippen LogP contribution is -2.25. The largest absolute Gasteiger partial charge is 0.381 e. The average Bonchev–Trinajstić information content (AvgIpc) is 3.03. The summed E-state index contributed by atoms with van der Waals surface area (Å²) in [4.78, 5) is 16.8. The maximum absolute atomic E-state index is 6.38. The monoisotopic (exact) mass is 704 g/mol. The number of nitrogens with zero attached hydrogens (tertiary/aromatic N) is 4. The second-order valence-corrected chi connectivity index (χ2v) is 13.8. The van der Waals surface area contributed by atoms with Crippen LogP contribution in [-0.2, 0) is 0 Å². The Hall–Kier alpha value is -2.00. The van der Waals surface area contributed by atoms with Gasteiger partial charge in [-0.15, -0.1) is 12.4 Å². The Balaban J connectivity index is 0.00000576. The lowest BCUT2D eigenvalue weighted by molar-refractivity contribution is 0.295. The molecule has 0 aliphatic carbocycles. The summed E-state index contributed by atoms with van der Waals surface area (Å²) < 4.78 is 0. The maximum atomic E-state index is 6.38. The van der Waals surface area contributed by atoms with Crippen LogP contribution in [0.2, 0.25) is 10.0 Å². The van der Waals surface area contributed by atoms with Crippen molar-refractivity contribution in [3.63, 3.8) is 0 Å². The molecule has 252 valence electrons. The standard InChI is InChI=1S/C36H50Cl2N6S.ClH/c1-7-43(8-2)19-11-13-25(5)41-35-29-17-15-27(37)21-31(29)39-23-33(35)45-34-24-40-32-22-28(38)16-18-30(32)36(34)42-26(6)14-12-20-44(9-3)10-4;/h15-18,21-26H,7-14,19-20H2,1-6H3,(H,39,41)(H,40,42);1H. The molecule has 2 atom stereocenters.